The summed E-state index contributed by atoms with van der Waals surface area (Å²) in [6.07, 6.45) is 0. The van der Waals surface area contributed by atoms with Crippen molar-refractivity contribution in [3.05, 3.63) is 53.8 Å². The van der Waals surface area contributed by atoms with Gasteiger partial charge in [0.25, 0.3) is 0 Å². The van der Waals surface area contributed by atoms with Crippen LogP contribution in [0.15, 0.2) is 36.4 Å². The zero-order valence-electron chi connectivity index (χ0n) is 10.7. The molecule has 1 aliphatic rings. The summed E-state index contributed by atoms with van der Waals surface area (Å²) in [5, 5.41) is 0.719. The van der Waals surface area contributed by atoms with Crippen molar-refractivity contribution in [3.63, 3.8) is 0 Å². The third-order valence-electron chi connectivity index (χ3n) is 3.02. The first-order valence-electron chi connectivity index (χ1n) is 6.17. The van der Waals surface area contributed by atoms with Gasteiger partial charge in [-0.15, -0.1) is 0 Å². The van der Waals surface area contributed by atoms with E-state index in [9.17, 15) is 13.2 Å². The van der Waals surface area contributed by atoms with Crippen LogP contribution in [-0.2, 0) is 0 Å². The molecule has 1 heterocycles. The maximum absolute atomic E-state index is 14.0. The molecule has 0 unspecified atom stereocenters. The van der Waals surface area contributed by atoms with Gasteiger partial charge in [0.1, 0.15) is 11.5 Å². The Kier molecular flexibility index (Phi) is 4.03. The molecule has 0 fully saturated rings. The Hall–Kier alpha value is -1.34. The summed E-state index contributed by atoms with van der Waals surface area (Å²) in [6.45, 7) is 0.669. The summed E-state index contributed by atoms with van der Waals surface area (Å²) in [5.41, 5.74) is 1.28. The number of nitrogens with zero attached hydrogens (tertiary/aromatic N) is 2. The van der Waals surface area contributed by atoms with Crippen LogP contribution in [0.25, 0.3) is 0 Å². The van der Waals surface area contributed by atoms with Gasteiger partial charge in [0.15, 0.2) is 11.6 Å². The van der Waals surface area contributed by atoms with Crippen molar-refractivity contribution in [2.24, 2.45) is 0 Å². The predicted molar refractivity (Wildman–Crippen MR) is 83.6 cm³/mol. The highest BCUT2D eigenvalue weighted by atomic mass is 79.9. The lowest BCUT2D eigenvalue weighted by atomic mass is 10.2. The number of fused-ring (bicyclic) bond motifs is 1. The Balaban J connectivity index is 2.09. The van der Waals surface area contributed by atoms with Crippen molar-refractivity contribution in [2.75, 3.05) is 20.5 Å². The molecule has 21 heavy (non-hydrogen) atoms. The molecule has 0 atom stereocenters. The third-order valence-corrected chi connectivity index (χ3v) is 4.50. The van der Waals surface area contributed by atoms with Gasteiger partial charge in [0, 0.05) is 24.0 Å². The SMILES string of the molecule is Fc1cc(F)c(N2SN(CCBr)c3ccccc32)c(F)c1. The van der Waals surface area contributed by atoms with Crippen LogP contribution in [0, 0.1) is 17.5 Å². The highest BCUT2D eigenvalue weighted by Crippen LogP contribution is 2.49. The van der Waals surface area contributed by atoms with Crippen LogP contribution in [-0.4, -0.2) is 11.9 Å². The molecule has 0 amide bonds. The summed E-state index contributed by atoms with van der Waals surface area (Å²) >= 11 is 4.54. The predicted octanol–water partition coefficient (Wildman–Crippen LogP) is 5.02. The molecule has 7 heteroatoms. The molecular formula is C14H10BrF3N2S. The van der Waals surface area contributed by atoms with Crippen LogP contribution >= 0.6 is 28.1 Å². The molecule has 0 spiro atoms. The Morgan fingerprint density at radius 3 is 2.24 bits per heavy atom. The minimum Gasteiger partial charge on any atom is -0.295 e. The Morgan fingerprint density at radius 1 is 1.00 bits per heavy atom. The zero-order valence-corrected chi connectivity index (χ0v) is 13.1. The molecule has 0 radical (unpaired) electrons. The molecule has 1 aliphatic heterocycles. The molecule has 0 saturated heterocycles. The number of para-hydroxylation sites is 2. The lowest BCUT2D eigenvalue weighted by molar-refractivity contribution is 0.547. The van der Waals surface area contributed by atoms with E-state index in [4.69, 9.17) is 0 Å². The first-order valence-corrected chi connectivity index (χ1v) is 8.02. The van der Waals surface area contributed by atoms with Crippen LogP contribution in [0.3, 0.4) is 0 Å². The number of anilines is 3. The average molecular weight is 375 g/mol. The fraction of sp³-hybridized carbons (Fsp3) is 0.143. The van der Waals surface area contributed by atoms with Crippen LogP contribution in [0.1, 0.15) is 0 Å². The van der Waals surface area contributed by atoms with E-state index in [2.05, 4.69) is 15.9 Å². The number of benzene rings is 2. The standard InChI is InChI=1S/C14H10BrF3N2S/c15-5-6-19-12-3-1-2-4-13(12)20(21-19)14-10(17)7-9(16)8-11(14)18/h1-4,7-8H,5-6H2. The molecule has 0 aromatic heterocycles. The molecule has 110 valence electrons. The Labute approximate surface area is 132 Å². The van der Waals surface area contributed by atoms with Gasteiger partial charge in [0.05, 0.1) is 23.5 Å². The second-order valence-corrected chi connectivity index (χ2v) is 6.14. The minimum atomic E-state index is -0.927. The summed E-state index contributed by atoms with van der Waals surface area (Å²) < 4.78 is 44.5. The van der Waals surface area contributed by atoms with Gasteiger partial charge in [-0.3, -0.25) is 8.61 Å². The monoisotopic (exact) mass is 374 g/mol. The van der Waals surface area contributed by atoms with Gasteiger partial charge in [-0.05, 0) is 12.1 Å². The van der Waals surface area contributed by atoms with Crippen LogP contribution in [0.5, 0.6) is 0 Å². The molecule has 3 rings (SSSR count). The molecule has 0 saturated carbocycles. The van der Waals surface area contributed by atoms with Crippen LogP contribution in [0.4, 0.5) is 30.2 Å². The lowest BCUT2D eigenvalue weighted by Gasteiger charge is -2.19. The average Bonchev–Trinajstić information content (AvgIpc) is 2.78. The number of hydrogen-bond acceptors (Lipinski definition) is 3. The molecular weight excluding hydrogens is 365 g/mol. The van der Waals surface area contributed by atoms with E-state index in [1.54, 1.807) is 12.1 Å². The van der Waals surface area contributed by atoms with Gasteiger partial charge >= 0.3 is 0 Å². The lowest BCUT2D eigenvalue weighted by Crippen LogP contribution is -2.16. The van der Waals surface area contributed by atoms with Crippen molar-refractivity contribution < 1.29 is 13.2 Å². The first kappa shape index (κ1) is 14.6. The molecule has 2 aromatic rings. The summed E-state index contributed by atoms with van der Waals surface area (Å²) in [6, 6.07) is 8.69. The Morgan fingerprint density at radius 2 is 1.62 bits per heavy atom. The second-order valence-electron chi connectivity index (χ2n) is 4.37. The third kappa shape index (κ3) is 2.60. The highest BCUT2D eigenvalue weighted by molar-refractivity contribution is 9.09. The van der Waals surface area contributed by atoms with E-state index in [1.807, 2.05) is 16.4 Å². The Bertz CT molecular complexity index is 660. The van der Waals surface area contributed by atoms with Crippen molar-refractivity contribution >= 4 is 45.1 Å². The maximum Gasteiger partial charge on any atom is 0.153 e. The second kappa shape index (κ2) is 5.81. The zero-order chi connectivity index (χ0) is 15.0. The molecule has 2 nitrogen and oxygen atoms in total. The maximum atomic E-state index is 14.0. The van der Waals surface area contributed by atoms with E-state index >= 15 is 0 Å². The van der Waals surface area contributed by atoms with Gasteiger partial charge in [-0.1, -0.05) is 28.1 Å². The van der Waals surface area contributed by atoms with Crippen LogP contribution < -0.4 is 8.61 Å². The molecule has 0 aliphatic carbocycles. The topological polar surface area (TPSA) is 6.48 Å². The van der Waals surface area contributed by atoms with Crippen molar-refractivity contribution in [1.82, 2.24) is 0 Å². The molecule has 2 aromatic carbocycles. The van der Waals surface area contributed by atoms with E-state index in [-0.39, 0.29) is 5.69 Å². The minimum absolute atomic E-state index is 0.258. The fourth-order valence-electron chi connectivity index (χ4n) is 2.16. The van der Waals surface area contributed by atoms with Crippen molar-refractivity contribution in [3.8, 4) is 0 Å². The van der Waals surface area contributed by atoms with Crippen molar-refractivity contribution in [2.45, 2.75) is 0 Å². The summed E-state index contributed by atoms with van der Waals surface area (Å²) in [7, 11) is 0. The smallest absolute Gasteiger partial charge is 0.153 e. The normalized spacial score (nSPS) is 13.7. The fourth-order valence-corrected chi connectivity index (χ4v) is 3.86. The van der Waals surface area contributed by atoms with Gasteiger partial charge in [-0.2, -0.15) is 0 Å². The van der Waals surface area contributed by atoms with Gasteiger partial charge < -0.3 is 0 Å². The molecule has 0 bridgehead atoms. The van der Waals surface area contributed by atoms with Crippen LogP contribution in [0.2, 0.25) is 0 Å². The summed E-state index contributed by atoms with van der Waals surface area (Å²) in [4.78, 5) is 0. The quantitative estimate of drug-likeness (QED) is 0.550. The van der Waals surface area contributed by atoms with E-state index in [0.29, 0.717) is 24.4 Å². The van der Waals surface area contributed by atoms with Crippen molar-refractivity contribution in [1.29, 1.82) is 0 Å². The van der Waals surface area contributed by atoms with Gasteiger partial charge in [-0.25, -0.2) is 13.2 Å². The number of halogens is 4. The first-order chi connectivity index (χ1) is 10.1. The number of alkyl halides is 1. The van der Waals surface area contributed by atoms with E-state index in [0.717, 1.165) is 11.0 Å². The number of rotatable bonds is 3. The van der Waals surface area contributed by atoms with E-state index in [1.165, 1.54) is 16.4 Å². The van der Waals surface area contributed by atoms with Gasteiger partial charge in [0.2, 0.25) is 0 Å². The number of hydrogen-bond donors (Lipinski definition) is 0. The highest BCUT2D eigenvalue weighted by Gasteiger charge is 2.31. The summed E-state index contributed by atoms with van der Waals surface area (Å²) in [5.74, 6) is -2.77. The largest absolute Gasteiger partial charge is 0.295 e. The molecule has 0 N–H and O–H groups in total. The van der Waals surface area contributed by atoms with E-state index < -0.39 is 17.5 Å².